The number of hydrogen-bond donors (Lipinski definition) is 1. The molecule has 1 aliphatic heterocycles. The monoisotopic (exact) mass is 318 g/mol. The molecule has 0 aromatic heterocycles. The van der Waals surface area contributed by atoms with Crippen molar-refractivity contribution in [2.24, 2.45) is 0 Å². The topological polar surface area (TPSA) is 72.6 Å². The lowest BCUT2D eigenvalue weighted by Crippen LogP contribution is -2.48. The number of ether oxygens (including phenoxy) is 1. The fourth-order valence-electron chi connectivity index (χ4n) is 2.27. The second-order valence-electron chi connectivity index (χ2n) is 4.89. The maximum Gasteiger partial charge on any atom is 0.245 e. The van der Waals surface area contributed by atoms with Crippen LogP contribution in [0.5, 0.6) is 0 Å². The number of morpholine rings is 1. The first-order chi connectivity index (χ1) is 9.37. The van der Waals surface area contributed by atoms with E-state index in [0.29, 0.717) is 31.9 Å². The van der Waals surface area contributed by atoms with Crippen LogP contribution in [-0.2, 0) is 14.8 Å². The summed E-state index contributed by atoms with van der Waals surface area (Å²) < 4.78 is 32.4. The average molecular weight is 319 g/mol. The van der Waals surface area contributed by atoms with Crippen molar-refractivity contribution in [3.8, 4) is 0 Å². The van der Waals surface area contributed by atoms with Gasteiger partial charge in [0.15, 0.2) is 0 Å². The van der Waals surface area contributed by atoms with Gasteiger partial charge in [0.1, 0.15) is 4.90 Å². The minimum atomic E-state index is -3.65. The number of benzene rings is 1. The first-order valence-electron chi connectivity index (χ1n) is 6.53. The zero-order valence-corrected chi connectivity index (χ0v) is 13.2. The van der Waals surface area contributed by atoms with Gasteiger partial charge in [-0.25, -0.2) is 8.42 Å². The van der Waals surface area contributed by atoms with Gasteiger partial charge in [0.25, 0.3) is 0 Å². The molecule has 20 heavy (non-hydrogen) atoms. The summed E-state index contributed by atoms with van der Waals surface area (Å²) in [5, 5.41) is 0.207. The van der Waals surface area contributed by atoms with E-state index in [-0.39, 0.29) is 16.0 Å². The summed E-state index contributed by atoms with van der Waals surface area (Å²) >= 11 is 6.10. The van der Waals surface area contributed by atoms with Crippen LogP contribution in [-0.4, -0.2) is 38.5 Å². The molecule has 1 unspecified atom stereocenters. The predicted molar refractivity (Wildman–Crippen MR) is 79.4 cm³/mol. The van der Waals surface area contributed by atoms with Crippen LogP contribution in [0, 0.1) is 6.92 Å². The lowest BCUT2D eigenvalue weighted by atomic mass is 10.2. The van der Waals surface area contributed by atoms with Crippen LogP contribution >= 0.6 is 11.6 Å². The number of nitrogens with two attached hydrogens (primary N) is 1. The quantitative estimate of drug-likeness (QED) is 0.865. The Labute approximate surface area is 124 Å². The normalized spacial score (nSPS) is 21.1. The van der Waals surface area contributed by atoms with Gasteiger partial charge in [0.2, 0.25) is 10.0 Å². The van der Waals surface area contributed by atoms with Gasteiger partial charge in [-0.05, 0) is 31.0 Å². The van der Waals surface area contributed by atoms with Crippen molar-refractivity contribution in [3.05, 3.63) is 22.7 Å². The molecule has 1 aromatic rings. The molecule has 0 amide bonds. The third-order valence-electron chi connectivity index (χ3n) is 3.55. The Kier molecular flexibility index (Phi) is 4.59. The lowest BCUT2D eigenvalue weighted by Gasteiger charge is -2.34. The maximum atomic E-state index is 12.8. The fraction of sp³-hybridized carbons (Fsp3) is 0.538. The van der Waals surface area contributed by atoms with Crippen molar-refractivity contribution < 1.29 is 13.2 Å². The number of anilines is 1. The molecular formula is C13H19ClN2O3S. The summed E-state index contributed by atoms with van der Waals surface area (Å²) in [5.41, 5.74) is 7.01. The van der Waals surface area contributed by atoms with E-state index in [1.807, 2.05) is 6.92 Å². The van der Waals surface area contributed by atoms with E-state index in [4.69, 9.17) is 22.1 Å². The Morgan fingerprint density at radius 2 is 2.20 bits per heavy atom. The average Bonchev–Trinajstić information content (AvgIpc) is 2.42. The van der Waals surface area contributed by atoms with Crippen LogP contribution in [0.1, 0.15) is 18.9 Å². The fourth-order valence-corrected chi connectivity index (χ4v) is 4.53. The SMILES string of the molecule is CCC1COCCN1S(=O)(=O)c1cc(N)c(C)cc1Cl. The molecule has 1 aliphatic rings. The molecule has 0 radical (unpaired) electrons. The largest absolute Gasteiger partial charge is 0.398 e. The van der Waals surface area contributed by atoms with Gasteiger partial charge >= 0.3 is 0 Å². The molecule has 0 saturated carbocycles. The first kappa shape index (κ1) is 15.6. The van der Waals surface area contributed by atoms with Crippen LogP contribution in [0.4, 0.5) is 5.69 Å². The first-order valence-corrected chi connectivity index (χ1v) is 8.35. The number of hydrogen-bond acceptors (Lipinski definition) is 4. The number of nitrogen functional groups attached to an aromatic ring is 1. The standard InChI is InChI=1S/C13H19ClN2O3S/c1-3-10-8-19-5-4-16(10)20(17,18)13-7-12(15)9(2)6-11(13)14/h6-7,10H,3-5,8,15H2,1-2H3. The van der Waals surface area contributed by atoms with Crippen molar-refractivity contribution in [1.29, 1.82) is 0 Å². The van der Waals surface area contributed by atoms with E-state index < -0.39 is 10.0 Å². The summed E-state index contributed by atoms with van der Waals surface area (Å²) in [6.07, 6.45) is 0.693. The van der Waals surface area contributed by atoms with Gasteiger partial charge in [-0.1, -0.05) is 18.5 Å². The van der Waals surface area contributed by atoms with Crippen molar-refractivity contribution in [2.75, 3.05) is 25.5 Å². The summed E-state index contributed by atoms with van der Waals surface area (Å²) in [6.45, 7) is 4.88. The zero-order valence-electron chi connectivity index (χ0n) is 11.6. The number of rotatable bonds is 3. The van der Waals surface area contributed by atoms with Crippen molar-refractivity contribution >= 4 is 27.3 Å². The molecule has 1 fully saturated rings. The second-order valence-corrected chi connectivity index (χ2v) is 7.16. The molecule has 0 aliphatic carbocycles. The van der Waals surface area contributed by atoms with Crippen LogP contribution in [0.25, 0.3) is 0 Å². The summed E-state index contributed by atoms with van der Waals surface area (Å²) in [4.78, 5) is 0.0719. The highest BCUT2D eigenvalue weighted by Gasteiger charge is 2.34. The molecule has 7 heteroatoms. The van der Waals surface area contributed by atoms with Crippen LogP contribution in [0.3, 0.4) is 0 Å². The molecule has 0 spiro atoms. The van der Waals surface area contributed by atoms with Crippen molar-refractivity contribution in [1.82, 2.24) is 4.31 Å². The summed E-state index contributed by atoms with van der Waals surface area (Å²) in [6, 6.07) is 2.87. The number of sulfonamides is 1. The molecule has 2 rings (SSSR count). The third-order valence-corrected chi connectivity index (χ3v) is 5.97. The highest BCUT2D eigenvalue weighted by atomic mass is 35.5. The van der Waals surface area contributed by atoms with E-state index in [9.17, 15) is 8.42 Å². The molecule has 1 heterocycles. The van der Waals surface area contributed by atoms with Gasteiger partial charge in [-0.2, -0.15) is 4.31 Å². The molecule has 1 saturated heterocycles. The van der Waals surface area contributed by atoms with Crippen molar-refractivity contribution in [2.45, 2.75) is 31.2 Å². The Morgan fingerprint density at radius 3 is 2.85 bits per heavy atom. The van der Waals surface area contributed by atoms with Gasteiger partial charge in [0, 0.05) is 18.3 Å². The van der Waals surface area contributed by atoms with Crippen LogP contribution in [0.2, 0.25) is 5.02 Å². The number of aryl methyl sites for hydroxylation is 1. The predicted octanol–water partition coefficient (Wildman–Crippen LogP) is 2.03. The van der Waals surface area contributed by atoms with Gasteiger partial charge < -0.3 is 10.5 Å². The van der Waals surface area contributed by atoms with Crippen LogP contribution < -0.4 is 5.73 Å². The minimum Gasteiger partial charge on any atom is -0.398 e. The minimum absolute atomic E-state index is 0.0719. The second kappa shape index (κ2) is 5.89. The Hall–Kier alpha value is -0.820. The van der Waals surface area contributed by atoms with Gasteiger partial charge in [-0.15, -0.1) is 0 Å². The number of halogens is 1. The molecule has 0 bridgehead atoms. The van der Waals surface area contributed by atoms with Crippen LogP contribution in [0.15, 0.2) is 17.0 Å². The highest BCUT2D eigenvalue weighted by Crippen LogP contribution is 2.31. The zero-order chi connectivity index (χ0) is 14.9. The smallest absolute Gasteiger partial charge is 0.245 e. The summed E-state index contributed by atoms with van der Waals surface area (Å²) in [7, 11) is -3.65. The van der Waals surface area contributed by atoms with Crippen molar-refractivity contribution in [3.63, 3.8) is 0 Å². The summed E-state index contributed by atoms with van der Waals surface area (Å²) in [5.74, 6) is 0. The lowest BCUT2D eigenvalue weighted by molar-refractivity contribution is 0.0314. The molecular weight excluding hydrogens is 300 g/mol. The van der Waals surface area contributed by atoms with Gasteiger partial charge in [0.05, 0.1) is 18.2 Å². The molecule has 112 valence electrons. The van der Waals surface area contributed by atoms with E-state index >= 15 is 0 Å². The molecule has 1 atom stereocenters. The molecule has 5 nitrogen and oxygen atoms in total. The third kappa shape index (κ3) is 2.79. The molecule has 2 N–H and O–H groups in total. The van der Waals surface area contributed by atoms with E-state index in [1.54, 1.807) is 13.0 Å². The van der Waals surface area contributed by atoms with E-state index in [0.717, 1.165) is 5.56 Å². The Morgan fingerprint density at radius 1 is 1.50 bits per heavy atom. The maximum absolute atomic E-state index is 12.8. The van der Waals surface area contributed by atoms with E-state index in [1.165, 1.54) is 10.4 Å². The van der Waals surface area contributed by atoms with Gasteiger partial charge in [-0.3, -0.25) is 0 Å². The highest BCUT2D eigenvalue weighted by molar-refractivity contribution is 7.89. The number of nitrogens with zero attached hydrogens (tertiary/aromatic N) is 1. The Bertz CT molecular complexity index is 604. The van der Waals surface area contributed by atoms with E-state index in [2.05, 4.69) is 0 Å². The molecule has 1 aromatic carbocycles. The Balaban J connectivity index is 2.46.